The second kappa shape index (κ2) is 5.82. The van der Waals surface area contributed by atoms with Crippen molar-refractivity contribution in [3.63, 3.8) is 0 Å². The van der Waals surface area contributed by atoms with E-state index in [-0.39, 0.29) is 12.0 Å². The van der Waals surface area contributed by atoms with E-state index in [1.54, 1.807) is 0 Å². The van der Waals surface area contributed by atoms with Gasteiger partial charge in [-0.2, -0.15) is 0 Å². The minimum Gasteiger partial charge on any atom is -0.339 e. The molecular formula is C16H30N2O. The highest BCUT2D eigenvalue weighted by Gasteiger charge is 2.37. The van der Waals surface area contributed by atoms with E-state index < -0.39 is 0 Å². The molecule has 110 valence electrons. The smallest absolute Gasteiger partial charge is 0.225 e. The van der Waals surface area contributed by atoms with E-state index in [1.807, 2.05) is 0 Å². The second-order valence-corrected chi connectivity index (χ2v) is 7.20. The molecule has 0 aromatic carbocycles. The summed E-state index contributed by atoms with van der Waals surface area (Å²) in [4.78, 5) is 14.9. The Hall–Kier alpha value is -0.570. The fourth-order valence-corrected chi connectivity index (χ4v) is 3.82. The number of hydrogen-bond donors (Lipinski definition) is 1. The standard InChI is InChI=1S/C16H30N2O/c1-10-7-12(3)13(4)18(9-10)16(19)14-6-5-11(2)15(17)8-14/h10-15H,5-9,17H2,1-4H3. The highest BCUT2D eigenvalue weighted by molar-refractivity contribution is 5.79. The van der Waals surface area contributed by atoms with Crippen molar-refractivity contribution in [2.75, 3.05) is 6.54 Å². The average Bonchev–Trinajstić information content (AvgIpc) is 2.36. The van der Waals surface area contributed by atoms with Crippen LogP contribution in [-0.2, 0) is 4.79 Å². The Morgan fingerprint density at radius 3 is 2.37 bits per heavy atom. The molecule has 1 amide bonds. The van der Waals surface area contributed by atoms with Crippen molar-refractivity contribution in [1.82, 2.24) is 4.90 Å². The van der Waals surface area contributed by atoms with Gasteiger partial charge in [-0.15, -0.1) is 0 Å². The largest absolute Gasteiger partial charge is 0.339 e. The number of nitrogens with two attached hydrogens (primary N) is 1. The molecular weight excluding hydrogens is 236 g/mol. The van der Waals surface area contributed by atoms with Gasteiger partial charge in [0.25, 0.3) is 0 Å². The van der Waals surface area contributed by atoms with Gasteiger partial charge in [0.1, 0.15) is 0 Å². The molecule has 1 heterocycles. The van der Waals surface area contributed by atoms with Crippen molar-refractivity contribution < 1.29 is 4.79 Å². The molecule has 6 atom stereocenters. The van der Waals surface area contributed by atoms with Crippen molar-refractivity contribution in [2.24, 2.45) is 29.4 Å². The minimum absolute atomic E-state index is 0.172. The normalized spacial score (nSPS) is 44.2. The predicted octanol–water partition coefficient (Wildman–Crippen LogP) is 2.64. The summed E-state index contributed by atoms with van der Waals surface area (Å²) in [5.74, 6) is 2.36. The van der Waals surface area contributed by atoms with Gasteiger partial charge in [-0.25, -0.2) is 0 Å². The molecule has 2 rings (SSSR count). The van der Waals surface area contributed by atoms with Gasteiger partial charge < -0.3 is 10.6 Å². The lowest BCUT2D eigenvalue weighted by Gasteiger charge is -2.44. The topological polar surface area (TPSA) is 46.3 Å². The van der Waals surface area contributed by atoms with Crippen LogP contribution >= 0.6 is 0 Å². The number of piperidine rings is 1. The molecule has 1 aliphatic heterocycles. The lowest BCUT2D eigenvalue weighted by atomic mass is 9.78. The summed E-state index contributed by atoms with van der Waals surface area (Å²) in [7, 11) is 0. The average molecular weight is 266 g/mol. The molecule has 3 heteroatoms. The molecule has 0 aromatic rings. The molecule has 3 nitrogen and oxygen atoms in total. The van der Waals surface area contributed by atoms with Crippen LogP contribution in [0.15, 0.2) is 0 Å². The summed E-state index contributed by atoms with van der Waals surface area (Å²) >= 11 is 0. The first kappa shape index (κ1) is 14.8. The Labute approximate surface area is 117 Å². The van der Waals surface area contributed by atoms with Crippen molar-refractivity contribution in [3.8, 4) is 0 Å². The van der Waals surface area contributed by atoms with E-state index in [0.717, 1.165) is 25.8 Å². The van der Waals surface area contributed by atoms with Crippen LogP contribution < -0.4 is 5.73 Å². The summed E-state index contributed by atoms with van der Waals surface area (Å²) in [6.07, 6.45) is 4.25. The maximum absolute atomic E-state index is 12.8. The zero-order chi connectivity index (χ0) is 14.2. The number of likely N-dealkylation sites (tertiary alicyclic amines) is 1. The molecule has 2 aliphatic rings. The quantitative estimate of drug-likeness (QED) is 0.793. The van der Waals surface area contributed by atoms with Crippen LogP contribution in [0, 0.1) is 23.7 Å². The van der Waals surface area contributed by atoms with Crippen LogP contribution in [0.3, 0.4) is 0 Å². The second-order valence-electron chi connectivity index (χ2n) is 7.20. The summed E-state index contributed by atoms with van der Waals surface area (Å²) in [5, 5.41) is 0. The number of rotatable bonds is 1. The molecule has 0 bridgehead atoms. The van der Waals surface area contributed by atoms with Gasteiger partial charge in [-0.1, -0.05) is 20.8 Å². The van der Waals surface area contributed by atoms with Gasteiger partial charge in [-0.3, -0.25) is 4.79 Å². The molecule has 0 aromatic heterocycles. The molecule has 1 aliphatic carbocycles. The van der Waals surface area contributed by atoms with Gasteiger partial charge in [0.05, 0.1) is 0 Å². The Kier molecular flexibility index (Phi) is 4.54. The van der Waals surface area contributed by atoms with E-state index in [0.29, 0.717) is 29.7 Å². The van der Waals surface area contributed by atoms with Crippen molar-refractivity contribution in [2.45, 2.75) is 65.5 Å². The van der Waals surface area contributed by atoms with Crippen LogP contribution in [-0.4, -0.2) is 29.4 Å². The van der Waals surface area contributed by atoms with Crippen LogP contribution in [0.2, 0.25) is 0 Å². The van der Waals surface area contributed by atoms with Crippen LogP contribution in [0.4, 0.5) is 0 Å². The van der Waals surface area contributed by atoms with Gasteiger partial charge in [0.15, 0.2) is 0 Å². The van der Waals surface area contributed by atoms with E-state index >= 15 is 0 Å². The SMILES string of the molecule is CC1CC(C)C(C)N(C(=O)C2CCC(C)C(N)C2)C1. The highest BCUT2D eigenvalue weighted by Crippen LogP contribution is 2.33. The molecule has 1 saturated carbocycles. The van der Waals surface area contributed by atoms with Crippen molar-refractivity contribution in [3.05, 3.63) is 0 Å². The van der Waals surface area contributed by atoms with Crippen LogP contribution in [0.25, 0.3) is 0 Å². The maximum atomic E-state index is 12.8. The third-order valence-electron chi connectivity index (χ3n) is 5.49. The van der Waals surface area contributed by atoms with E-state index in [9.17, 15) is 4.79 Å². The van der Waals surface area contributed by atoms with Crippen molar-refractivity contribution >= 4 is 5.91 Å². The number of carbonyl (C=O) groups excluding carboxylic acids is 1. The summed E-state index contributed by atoms with van der Waals surface area (Å²) in [5.41, 5.74) is 6.15. The number of carbonyl (C=O) groups is 1. The maximum Gasteiger partial charge on any atom is 0.225 e. The number of nitrogens with zero attached hydrogens (tertiary/aromatic N) is 1. The van der Waals surface area contributed by atoms with Gasteiger partial charge in [0.2, 0.25) is 5.91 Å². The molecule has 0 radical (unpaired) electrons. The minimum atomic E-state index is 0.172. The lowest BCUT2D eigenvalue weighted by Crippen LogP contribution is -2.52. The van der Waals surface area contributed by atoms with Crippen LogP contribution in [0.1, 0.15) is 53.4 Å². The molecule has 6 unspecified atom stereocenters. The fraction of sp³-hybridized carbons (Fsp3) is 0.938. The van der Waals surface area contributed by atoms with Gasteiger partial charge in [0, 0.05) is 24.5 Å². The highest BCUT2D eigenvalue weighted by atomic mass is 16.2. The third kappa shape index (κ3) is 3.13. The zero-order valence-electron chi connectivity index (χ0n) is 12.9. The van der Waals surface area contributed by atoms with E-state index in [1.165, 1.54) is 6.42 Å². The first-order chi connectivity index (χ1) is 8.90. The number of amides is 1. The van der Waals surface area contributed by atoms with E-state index in [4.69, 9.17) is 5.73 Å². The van der Waals surface area contributed by atoms with Crippen LogP contribution in [0.5, 0.6) is 0 Å². The monoisotopic (exact) mass is 266 g/mol. The third-order valence-corrected chi connectivity index (χ3v) is 5.49. The molecule has 2 fully saturated rings. The Morgan fingerprint density at radius 2 is 1.74 bits per heavy atom. The fourth-order valence-electron chi connectivity index (χ4n) is 3.82. The Bertz CT molecular complexity index is 331. The summed E-state index contributed by atoms with van der Waals surface area (Å²) < 4.78 is 0. The molecule has 1 saturated heterocycles. The van der Waals surface area contributed by atoms with Crippen molar-refractivity contribution in [1.29, 1.82) is 0 Å². The molecule has 2 N–H and O–H groups in total. The first-order valence-corrected chi connectivity index (χ1v) is 7.96. The Morgan fingerprint density at radius 1 is 1.05 bits per heavy atom. The number of hydrogen-bond acceptors (Lipinski definition) is 2. The summed E-state index contributed by atoms with van der Waals surface area (Å²) in [6.45, 7) is 9.89. The first-order valence-electron chi connectivity index (χ1n) is 7.96. The Balaban J connectivity index is 2.02. The summed E-state index contributed by atoms with van der Waals surface area (Å²) in [6, 6.07) is 0.594. The predicted molar refractivity (Wildman–Crippen MR) is 78.6 cm³/mol. The molecule has 19 heavy (non-hydrogen) atoms. The molecule has 0 spiro atoms. The van der Waals surface area contributed by atoms with Gasteiger partial charge in [-0.05, 0) is 50.4 Å². The zero-order valence-corrected chi connectivity index (χ0v) is 12.9. The lowest BCUT2D eigenvalue weighted by molar-refractivity contribution is -0.143. The van der Waals surface area contributed by atoms with Gasteiger partial charge >= 0.3 is 0 Å². The van der Waals surface area contributed by atoms with E-state index in [2.05, 4.69) is 32.6 Å².